The van der Waals surface area contributed by atoms with Crippen molar-refractivity contribution in [1.29, 1.82) is 0 Å². The summed E-state index contributed by atoms with van der Waals surface area (Å²) in [5.74, 6) is 0. The van der Waals surface area contributed by atoms with Crippen LogP contribution in [0.25, 0.3) is 0 Å². The Hall–Kier alpha value is -0.610. The van der Waals surface area contributed by atoms with Gasteiger partial charge in [0.05, 0.1) is 5.38 Å². The first kappa shape index (κ1) is 12.5. The van der Waals surface area contributed by atoms with Crippen LogP contribution in [0, 0.1) is 0 Å². The van der Waals surface area contributed by atoms with E-state index in [-0.39, 0.29) is 5.38 Å². The van der Waals surface area contributed by atoms with Gasteiger partial charge in [-0.25, -0.2) is 0 Å². The van der Waals surface area contributed by atoms with Crippen molar-refractivity contribution < 1.29 is 0 Å². The summed E-state index contributed by atoms with van der Waals surface area (Å²) >= 11 is 6.06. The minimum atomic E-state index is -0.00685. The molecule has 86 valence electrons. The number of alkyl halides is 1. The van der Waals surface area contributed by atoms with E-state index >= 15 is 0 Å². The summed E-state index contributed by atoms with van der Waals surface area (Å²) in [6.07, 6.45) is 3.91. The Bertz CT molecular complexity index is 285. The Balaban J connectivity index is 2.39. The van der Waals surface area contributed by atoms with Crippen LogP contribution in [-0.4, -0.2) is 40.5 Å². The van der Waals surface area contributed by atoms with Crippen LogP contribution in [0.2, 0.25) is 0 Å². The number of aromatic nitrogens is 3. The lowest BCUT2D eigenvalue weighted by molar-refractivity contribution is 0.379. The SMILES string of the molecule is CCC(Cl)c1cn(CCCN(C)C)nn1. The van der Waals surface area contributed by atoms with Crippen LogP contribution in [0.3, 0.4) is 0 Å². The van der Waals surface area contributed by atoms with E-state index in [1.165, 1.54) is 0 Å². The van der Waals surface area contributed by atoms with Crippen molar-refractivity contribution in [2.75, 3.05) is 20.6 Å². The molecule has 5 heteroatoms. The number of hydrogen-bond donors (Lipinski definition) is 0. The molecule has 0 bridgehead atoms. The Morgan fingerprint density at radius 3 is 2.87 bits per heavy atom. The molecule has 0 N–H and O–H groups in total. The zero-order valence-corrected chi connectivity index (χ0v) is 10.4. The van der Waals surface area contributed by atoms with Crippen LogP contribution in [0.15, 0.2) is 6.20 Å². The molecule has 1 heterocycles. The van der Waals surface area contributed by atoms with Crippen molar-refractivity contribution in [2.24, 2.45) is 0 Å². The first-order chi connectivity index (χ1) is 7.13. The van der Waals surface area contributed by atoms with Gasteiger partial charge in [-0.05, 0) is 33.5 Å². The molecule has 1 aromatic heterocycles. The van der Waals surface area contributed by atoms with Crippen molar-refractivity contribution in [3.05, 3.63) is 11.9 Å². The van der Waals surface area contributed by atoms with Crippen LogP contribution in [0.5, 0.6) is 0 Å². The van der Waals surface area contributed by atoms with Gasteiger partial charge < -0.3 is 4.90 Å². The quantitative estimate of drug-likeness (QED) is 0.701. The van der Waals surface area contributed by atoms with Crippen molar-refractivity contribution in [3.8, 4) is 0 Å². The predicted molar refractivity (Wildman–Crippen MR) is 62.1 cm³/mol. The van der Waals surface area contributed by atoms with E-state index in [0.29, 0.717) is 0 Å². The van der Waals surface area contributed by atoms with Gasteiger partial charge in [0.1, 0.15) is 5.69 Å². The second-order valence-electron chi connectivity index (χ2n) is 3.94. The summed E-state index contributed by atoms with van der Waals surface area (Å²) in [6, 6.07) is 0. The van der Waals surface area contributed by atoms with Crippen molar-refractivity contribution in [1.82, 2.24) is 19.9 Å². The Morgan fingerprint density at radius 1 is 1.53 bits per heavy atom. The fourth-order valence-corrected chi connectivity index (χ4v) is 1.42. The van der Waals surface area contributed by atoms with Gasteiger partial charge in [-0.1, -0.05) is 12.1 Å². The monoisotopic (exact) mass is 230 g/mol. The molecule has 0 saturated carbocycles. The molecule has 0 amide bonds. The molecule has 0 radical (unpaired) electrons. The van der Waals surface area contributed by atoms with Gasteiger partial charge in [-0.15, -0.1) is 16.7 Å². The summed E-state index contributed by atoms with van der Waals surface area (Å²) in [4.78, 5) is 2.16. The maximum absolute atomic E-state index is 6.06. The molecule has 0 aromatic carbocycles. The van der Waals surface area contributed by atoms with E-state index in [2.05, 4.69) is 29.3 Å². The fraction of sp³-hybridized carbons (Fsp3) is 0.800. The van der Waals surface area contributed by atoms with Gasteiger partial charge in [0.25, 0.3) is 0 Å². The number of nitrogens with zero attached hydrogens (tertiary/aromatic N) is 4. The lowest BCUT2D eigenvalue weighted by Crippen LogP contribution is -2.15. The van der Waals surface area contributed by atoms with Gasteiger partial charge in [0.2, 0.25) is 0 Å². The van der Waals surface area contributed by atoms with Gasteiger partial charge >= 0.3 is 0 Å². The van der Waals surface area contributed by atoms with E-state index in [1.54, 1.807) is 0 Å². The molecule has 0 aliphatic heterocycles. The number of halogens is 1. The topological polar surface area (TPSA) is 34.0 Å². The maximum Gasteiger partial charge on any atom is 0.100 e. The maximum atomic E-state index is 6.06. The molecule has 0 saturated heterocycles. The standard InChI is InChI=1S/C10H19ClN4/c1-4-9(11)10-8-15(13-12-10)7-5-6-14(2)3/h8-9H,4-7H2,1-3H3. The molecular formula is C10H19ClN4. The third-order valence-electron chi connectivity index (χ3n) is 2.23. The molecule has 1 rings (SSSR count). The van der Waals surface area contributed by atoms with E-state index in [0.717, 1.165) is 31.6 Å². The fourth-order valence-electron chi connectivity index (χ4n) is 1.32. The van der Waals surface area contributed by atoms with Crippen molar-refractivity contribution >= 4 is 11.6 Å². The van der Waals surface area contributed by atoms with E-state index in [1.807, 2.05) is 17.8 Å². The lowest BCUT2D eigenvalue weighted by Gasteiger charge is -2.08. The van der Waals surface area contributed by atoms with Crippen LogP contribution in [-0.2, 0) is 6.54 Å². The Morgan fingerprint density at radius 2 is 2.27 bits per heavy atom. The molecule has 0 spiro atoms. The third kappa shape index (κ3) is 4.18. The Labute approximate surface area is 96.2 Å². The van der Waals surface area contributed by atoms with E-state index in [9.17, 15) is 0 Å². The normalized spacial score (nSPS) is 13.4. The van der Waals surface area contributed by atoms with Crippen molar-refractivity contribution in [3.63, 3.8) is 0 Å². The minimum absolute atomic E-state index is 0.00685. The largest absolute Gasteiger partial charge is 0.309 e. The summed E-state index contributed by atoms with van der Waals surface area (Å²) in [7, 11) is 4.14. The van der Waals surface area contributed by atoms with Crippen LogP contribution in [0.4, 0.5) is 0 Å². The molecule has 1 unspecified atom stereocenters. The van der Waals surface area contributed by atoms with Gasteiger partial charge in [-0.3, -0.25) is 4.68 Å². The predicted octanol–water partition coefficient (Wildman–Crippen LogP) is 1.92. The molecule has 0 aliphatic rings. The average Bonchev–Trinajstić information content (AvgIpc) is 2.65. The third-order valence-corrected chi connectivity index (χ3v) is 2.76. The van der Waals surface area contributed by atoms with Gasteiger partial charge in [0, 0.05) is 12.7 Å². The molecular weight excluding hydrogens is 212 g/mol. The second kappa shape index (κ2) is 6.08. The van der Waals surface area contributed by atoms with Gasteiger partial charge in [0.15, 0.2) is 0 Å². The summed E-state index contributed by atoms with van der Waals surface area (Å²) in [5, 5.41) is 8.09. The van der Waals surface area contributed by atoms with E-state index in [4.69, 9.17) is 11.6 Å². The zero-order chi connectivity index (χ0) is 11.3. The van der Waals surface area contributed by atoms with Crippen molar-refractivity contribution in [2.45, 2.75) is 31.7 Å². The average molecular weight is 231 g/mol. The number of rotatable bonds is 6. The highest BCUT2D eigenvalue weighted by molar-refractivity contribution is 6.20. The number of hydrogen-bond acceptors (Lipinski definition) is 3. The van der Waals surface area contributed by atoms with Crippen LogP contribution in [0.1, 0.15) is 30.8 Å². The minimum Gasteiger partial charge on any atom is -0.309 e. The van der Waals surface area contributed by atoms with Gasteiger partial charge in [-0.2, -0.15) is 0 Å². The summed E-state index contributed by atoms with van der Waals surface area (Å²) in [5.41, 5.74) is 0.879. The molecule has 1 atom stereocenters. The highest BCUT2D eigenvalue weighted by Crippen LogP contribution is 2.20. The summed E-state index contributed by atoms with van der Waals surface area (Å²) < 4.78 is 1.86. The van der Waals surface area contributed by atoms with Crippen LogP contribution >= 0.6 is 11.6 Å². The lowest BCUT2D eigenvalue weighted by atomic mass is 10.3. The van der Waals surface area contributed by atoms with E-state index < -0.39 is 0 Å². The molecule has 1 aromatic rings. The molecule has 15 heavy (non-hydrogen) atoms. The smallest absolute Gasteiger partial charge is 0.100 e. The first-order valence-corrected chi connectivity index (χ1v) is 5.76. The van der Waals surface area contributed by atoms with Crippen LogP contribution < -0.4 is 0 Å². The Kier molecular flexibility index (Phi) is 5.05. The second-order valence-corrected chi connectivity index (χ2v) is 4.47. The first-order valence-electron chi connectivity index (χ1n) is 5.32. The summed E-state index contributed by atoms with van der Waals surface area (Å²) in [6.45, 7) is 4.01. The molecule has 4 nitrogen and oxygen atoms in total. The highest BCUT2D eigenvalue weighted by atomic mass is 35.5. The zero-order valence-electron chi connectivity index (χ0n) is 9.65. The molecule has 0 fully saturated rings. The highest BCUT2D eigenvalue weighted by Gasteiger charge is 2.09. The molecule has 0 aliphatic carbocycles. The number of aryl methyl sites for hydroxylation is 1.